The van der Waals surface area contributed by atoms with E-state index in [1.54, 1.807) is 12.1 Å². The summed E-state index contributed by atoms with van der Waals surface area (Å²) in [4.78, 5) is 12.0. The topological polar surface area (TPSA) is 46.5 Å². The Balaban J connectivity index is 1.72. The van der Waals surface area contributed by atoms with Gasteiger partial charge >= 0.3 is 5.97 Å². The van der Waals surface area contributed by atoms with E-state index in [1.165, 1.54) is 5.56 Å². The second-order valence-electron chi connectivity index (χ2n) is 5.56. The first kappa shape index (κ1) is 13.7. The highest BCUT2D eigenvalue weighted by Crippen LogP contribution is 2.29. The molecule has 0 amide bonds. The van der Waals surface area contributed by atoms with Crippen molar-refractivity contribution in [2.24, 2.45) is 11.8 Å². The molecule has 0 saturated carbocycles. The minimum atomic E-state index is -0.107. The molecule has 3 rings (SSSR count). The van der Waals surface area contributed by atoms with Gasteiger partial charge in [-0.05, 0) is 36.1 Å². The van der Waals surface area contributed by atoms with Gasteiger partial charge in [-0.3, -0.25) is 4.79 Å². The maximum absolute atomic E-state index is 12.0. The fraction of sp³-hybridized carbons (Fsp3) is 0.278. The second kappa shape index (κ2) is 6.00. The van der Waals surface area contributed by atoms with E-state index in [0.717, 1.165) is 12.0 Å². The first-order valence-corrected chi connectivity index (χ1v) is 7.21. The number of carbonyl (C=O) groups excluding carboxylic acids is 1. The van der Waals surface area contributed by atoms with Gasteiger partial charge in [0.2, 0.25) is 0 Å². The molecule has 3 heteroatoms. The van der Waals surface area contributed by atoms with Crippen molar-refractivity contribution in [1.29, 1.82) is 0 Å². The third-order valence-electron chi connectivity index (χ3n) is 4.04. The van der Waals surface area contributed by atoms with E-state index >= 15 is 0 Å². The Kier molecular flexibility index (Phi) is 3.91. The van der Waals surface area contributed by atoms with Gasteiger partial charge in [0.05, 0.1) is 12.5 Å². The van der Waals surface area contributed by atoms with Crippen molar-refractivity contribution < 1.29 is 14.6 Å². The van der Waals surface area contributed by atoms with Crippen molar-refractivity contribution in [3.8, 4) is 5.75 Å². The van der Waals surface area contributed by atoms with Crippen molar-refractivity contribution in [3.05, 3.63) is 65.7 Å². The number of carbonyl (C=O) groups is 1. The number of benzene rings is 2. The van der Waals surface area contributed by atoms with E-state index in [4.69, 9.17) is 4.74 Å². The molecule has 1 fully saturated rings. The summed E-state index contributed by atoms with van der Waals surface area (Å²) < 4.78 is 5.26. The average Bonchev–Trinajstić information content (AvgIpc) is 2.84. The Hall–Kier alpha value is -2.29. The highest BCUT2D eigenvalue weighted by atomic mass is 16.5. The molecule has 0 unspecified atom stereocenters. The number of phenolic OH excluding ortho intramolecular Hbond substituents is 1. The van der Waals surface area contributed by atoms with Gasteiger partial charge in [-0.15, -0.1) is 0 Å². The van der Waals surface area contributed by atoms with Crippen LogP contribution in [0.3, 0.4) is 0 Å². The summed E-state index contributed by atoms with van der Waals surface area (Å²) in [5, 5.41) is 9.32. The fourth-order valence-corrected chi connectivity index (χ4v) is 2.86. The van der Waals surface area contributed by atoms with E-state index in [-0.39, 0.29) is 23.6 Å². The standard InChI is InChI=1S/C18H18O3/c19-16-8-6-14(7-9-16)11-17-15(12-21-18(17)20)10-13-4-2-1-3-5-13/h1-9,15,17,19H,10-12H2/t15-,17+/m0/s1. The molecule has 0 aromatic heterocycles. The number of hydrogen-bond donors (Lipinski definition) is 1. The molecular weight excluding hydrogens is 264 g/mol. The van der Waals surface area contributed by atoms with Gasteiger partial charge in [0.25, 0.3) is 0 Å². The summed E-state index contributed by atoms with van der Waals surface area (Å²) in [6.07, 6.45) is 1.52. The van der Waals surface area contributed by atoms with E-state index in [9.17, 15) is 9.90 Å². The third kappa shape index (κ3) is 3.24. The van der Waals surface area contributed by atoms with Crippen molar-refractivity contribution in [2.75, 3.05) is 6.61 Å². The van der Waals surface area contributed by atoms with Gasteiger partial charge in [-0.1, -0.05) is 42.5 Å². The summed E-state index contributed by atoms with van der Waals surface area (Å²) in [6.45, 7) is 0.497. The minimum absolute atomic E-state index is 0.102. The summed E-state index contributed by atoms with van der Waals surface area (Å²) in [6, 6.07) is 17.2. The van der Waals surface area contributed by atoms with Crippen LogP contribution in [0.4, 0.5) is 0 Å². The monoisotopic (exact) mass is 282 g/mol. The van der Waals surface area contributed by atoms with Gasteiger partial charge in [0.15, 0.2) is 0 Å². The van der Waals surface area contributed by atoms with Gasteiger partial charge in [-0.2, -0.15) is 0 Å². The third-order valence-corrected chi connectivity index (χ3v) is 4.04. The van der Waals surface area contributed by atoms with Gasteiger partial charge < -0.3 is 9.84 Å². The van der Waals surface area contributed by atoms with Gasteiger partial charge in [0, 0.05) is 5.92 Å². The Morgan fingerprint density at radius 1 is 0.952 bits per heavy atom. The maximum Gasteiger partial charge on any atom is 0.309 e. The van der Waals surface area contributed by atoms with Crippen LogP contribution in [0.25, 0.3) is 0 Å². The number of cyclic esters (lactones) is 1. The van der Waals surface area contributed by atoms with Crippen molar-refractivity contribution in [3.63, 3.8) is 0 Å². The number of hydrogen-bond acceptors (Lipinski definition) is 3. The van der Waals surface area contributed by atoms with E-state index in [0.29, 0.717) is 13.0 Å². The van der Waals surface area contributed by atoms with Crippen LogP contribution < -0.4 is 0 Å². The van der Waals surface area contributed by atoms with Crippen LogP contribution >= 0.6 is 0 Å². The Bertz CT molecular complexity index is 604. The molecule has 3 nitrogen and oxygen atoms in total. The lowest BCUT2D eigenvalue weighted by atomic mass is 9.85. The van der Waals surface area contributed by atoms with Crippen LogP contribution in [0.5, 0.6) is 5.75 Å². The summed E-state index contributed by atoms with van der Waals surface area (Å²) in [5.74, 6) is 0.251. The SMILES string of the molecule is O=C1OC[C@H](Cc2ccccc2)[C@H]1Cc1ccc(O)cc1. The molecule has 1 N–H and O–H groups in total. The zero-order valence-electron chi connectivity index (χ0n) is 11.7. The van der Waals surface area contributed by atoms with Crippen LogP contribution in [-0.4, -0.2) is 17.7 Å². The van der Waals surface area contributed by atoms with Gasteiger partial charge in [-0.25, -0.2) is 0 Å². The molecule has 0 bridgehead atoms. The lowest BCUT2D eigenvalue weighted by Gasteiger charge is -2.15. The second-order valence-corrected chi connectivity index (χ2v) is 5.56. The Labute approximate surface area is 124 Å². The molecule has 0 radical (unpaired) electrons. The molecule has 1 saturated heterocycles. The summed E-state index contributed by atoms with van der Waals surface area (Å²) in [7, 11) is 0. The predicted octanol–water partition coefficient (Wildman–Crippen LogP) is 2.97. The van der Waals surface area contributed by atoms with E-state index < -0.39 is 0 Å². The molecule has 1 heterocycles. The zero-order chi connectivity index (χ0) is 14.7. The maximum atomic E-state index is 12.0. The first-order valence-electron chi connectivity index (χ1n) is 7.21. The molecule has 2 aromatic carbocycles. The van der Waals surface area contributed by atoms with Crippen molar-refractivity contribution >= 4 is 5.97 Å². The molecule has 2 atom stereocenters. The van der Waals surface area contributed by atoms with Crippen molar-refractivity contribution in [1.82, 2.24) is 0 Å². The molecule has 21 heavy (non-hydrogen) atoms. The molecule has 108 valence electrons. The molecule has 0 aliphatic carbocycles. The normalized spacial score (nSPS) is 21.2. The van der Waals surface area contributed by atoms with Crippen LogP contribution in [0.2, 0.25) is 0 Å². The minimum Gasteiger partial charge on any atom is -0.508 e. The van der Waals surface area contributed by atoms with Crippen LogP contribution in [-0.2, 0) is 22.4 Å². The Morgan fingerprint density at radius 2 is 1.62 bits per heavy atom. The quantitative estimate of drug-likeness (QED) is 0.877. The van der Waals surface area contributed by atoms with Crippen LogP contribution in [0.1, 0.15) is 11.1 Å². The molecule has 1 aliphatic rings. The highest BCUT2D eigenvalue weighted by molar-refractivity contribution is 5.75. The number of ether oxygens (including phenoxy) is 1. The van der Waals surface area contributed by atoms with Crippen LogP contribution in [0.15, 0.2) is 54.6 Å². The molecule has 1 aliphatic heterocycles. The Morgan fingerprint density at radius 3 is 2.33 bits per heavy atom. The first-order chi connectivity index (χ1) is 10.2. The average molecular weight is 282 g/mol. The van der Waals surface area contributed by atoms with Crippen LogP contribution in [0, 0.1) is 11.8 Å². The summed E-state index contributed by atoms with van der Waals surface area (Å²) in [5.41, 5.74) is 2.28. The van der Waals surface area contributed by atoms with Gasteiger partial charge in [0.1, 0.15) is 5.75 Å². The molecular formula is C18H18O3. The largest absolute Gasteiger partial charge is 0.508 e. The van der Waals surface area contributed by atoms with Crippen molar-refractivity contribution in [2.45, 2.75) is 12.8 Å². The number of esters is 1. The smallest absolute Gasteiger partial charge is 0.309 e. The predicted molar refractivity (Wildman–Crippen MR) is 79.9 cm³/mol. The number of phenols is 1. The summed E-state index contributed by atoms with van der Waals surface area (Å²) >= 11 is 0. The molecule has 2 aromatic rings. The molecule has 0 spiro atoms. The lowest BCUT2D eigenvalue weighted by molar-refractivity contribution is -0.141. The van der Waals surface area contributed by atoms with E-state index in [1.807, 2.05) is 30.3 Å². The highest BCUT2D eigenvalue weighted by Gasteiger charge is 2.36. The number of aromatic hydroxyl groups is 1. The lowest BCUT2D eigenvalue weighted by Crippen LogP contribution is -2.20. The zero-order valence-corrected chi connectivity index (χ0v) is 11.7. The number of rotatable bonds is 4. The van der Waals surface area contributed by atoms with E-state index in [2.05, 4.69) is 12.1 Å². The fourth-order valence-electron chi connectivity index (χ4n) is 2.86.